The van der Waals surface area contributed by atoms with Gasteiger partial charge in [0.2, 0.25) is 0 Å². The van der Waals surface area contributed by atoms with Crippen molar-refractivity contribution in [2.24, 2.45) is 4.99 Å². The van der Waals surface area contributed by atoms with E-state index in [-0.39, 0.29) is 29.7 Å². The second-order valence-electron chi connectivity index (χ2n) is 3.27. The minimum absolute atomic E-state index is 0. The Hall–Kier alpha value is -0.0500. The molecule has 5 nitrogen and oxygen atoms in total. The van der Waals surface area contributed by atoms with Crippen LogP contribution in [0.2, 0.25) is 0 Å². The van der Waals surface area contributed by atoms with Crippen molar-refractivity contribution < 1.29 is 8.42 Å². The Kier molecular flexibility index (Phi) is 11.6. The number of aliphatic imine (C=N–C) groups is 1. The summed E-state index contributed by atoms with van der Waals surface area (Å²) in [5.74, 6) is 0.940. The molecular formula is C9H22IN3O2S. The van der Waals surface area contributed by atoms with Crippen molar-refractivity contribution in [1.82, 2.24) is 10.6 Å². The number of halogens is 1. The predicted molar refractivity (Wildman–Crippen MR) is 79.4 cm³/mol. The van der Waals surface area contributed by atoms with E-state index in [2.05, 4.69) is 15.6 Å². The molecule has 0 atom stereocenters. The molecular weight excluding hydrogens is 341 g/mol. The molecule has 0 saturated carbocycles. The van der Waals surface area contributed by atoms with Crippen LogP contribution in [0.5, 0.6) is 0 Å². The fourth-order valence-corrected chi connectivity index (χ4v) is 1.68. The van der Waals surface area contributed by atoms with Crippen LogP contribution >= 0.6 is 24.0 Å². The third-order valence-corrected chi connectivity index (χ3v) is 2.66. The Morgan fingerprint density at radius 1 is 1.19 bits per heavy atom. The second kappa shape index (κ2) is 10.1. The van der Waals surface area contributed by atoms with Crippen LogP contribution in [0.1, 0.15) is 20.3 Å². The summed E-state index contributed by atoms with van der Waals surface area (Å²) in [7, 11) is -2.86. The molecule has 0 aliphatic carbocycles. The molecule has 0 spiro atoms. The third kappa shape index (κ3) is 12.0. The fourth-order valence-electron chi connectivity index (χ4n) is 1.03. The smallest absolute Gasteiger partial charge is 0.191 e. The standard InChI is InChI=1S/C9H21N3O2S.HI/c1-4-10-9(11-5-2)12-7-6-8-15(3,13)14;/h4-8H2,1-3H3,(H2,10,11,12);1H. The first-order chi connectivity index (χ1) is 6.99. The summed E-state index contributed by atoms with van der Waals surface area (Å²) in [6, 6.07) is 0. The Labute approximate surface area is 115 Å². The van der Waals surface area contributed by atoms with E-state index in [4.69, 9.17) is 0 Å². The molecule has 0 aromatic carbocycles. The van der Waals surface area contributed by atoms with Crippen LogP contribution in [0.25, 0.3) is 0 Å². The molecule has 0 saturated heterocycles. The Balaban J connectivity index is 0. The second-order valence-corrected chi connectivity index (χ2v) is 5.53. The van der Waals surface area contributed by atoms with Crippen LogP contribution in [0.3, 0.4) is 0 Å². The van der Waals surface area contributed by atoms with Gasteiger partial charge < -0.3 is 10.6 Å². The first-order valence-electron chi connectivity index (χ1n) is 5.19. The van der Waals surface area contributed by atoms with Gasteiger partial charge in [0.05, 0.1) is 5.75 Å². The van der Waals surface area contributed by atoms with Crippen molar-refractivity contribution in [1.29, 1.82) is 0 Å². The summed E-state index contributed by atoms with van der Waals surface area (Å²) in [6.45, 7) is 6.12. The fraction of sp³-hybridized carbons (Fsp3) is 0.889. The predicted octanol–water partition coefficient (Wildman–Crippen LogP) is 0.614. The normalized spacial score (nSPS) is 10.2. The van der Waals surface area contributed by atoms with Gasteiger partial charge in [-0.25, -0.2) is 8.42 Å². The third-order valence-electron chi connectivity index (χ3n) is 1.63. The summed E-state index contributed by atoms with van der Waals surface area (Å²) >= 11 is 0. The first kappa shape index (κ1) is 18.3. The van der Waals surface area contributed by atoms with Crippen molar-refractivity contribution >= 4 is 39.8 Å². The van der Waals surface area contributed by atoms with E-state index in [0.29, 0.717) is 13.0 Å². The minimum atomic E-state index is -2.86. The van der Waals surface area contributed by atoms with Crippen LogP contribution < -0.4 is 10.6 Å². The van der Waals surface area contributed by atoms with Gasteiger partial charge in [0.1, 0.15) is 9.84 Å². The number of sulfone groups is 1. The van der Waals surface area contributed by atoms with Crippen molar-refractivity contribution in [2.75, 3.05) is 31.6 Å². The first-order valence-corrected chi connectivity index (χ1v) is 7.25. The Morgan fingerprint density at radius 2 is 1.69 bits per heavy atom. The molecule has 0 aliphatic heterocycles. The molecule has 16 heavy (non-hydrogen) atoms. The van der Waals surface area contributed by atoms with Crippen LogP contribution in [0, 0.1) is 0 Å². The number of hydrogen-bond acceptors (Lipinski definition) is 3. The van der Waals surface area contributed by atoms with Crippen molar-refractivity contribution in [3.05, 3.63) is 0 Å². The van der Waals surface area contributed by atoms with Gasteiger partial charge in [-0.2, -0.15) is 0 Å². The summed E-state index contributed by atoms with van der Waals surface area (Å²) in [5.41, 5.74) is 0. The number of nitrogens with one attached hydrogen (secondary N) is 2. The highest BCUT2D eigenvalue weighted by molar-refractivity contribution is 14.0. The maximum Gasteiger partial charge on any atom is 0.191 e. The molecule has 0 aromatic heterocycles. The molecule has 0 rings (SSSR count). The zero-order valence-electron chi connectivity index (χ0n) is 10.1. The lowest BCUT2D eigenvalue weighted by Crippen LogP contribution is -2.37. The van der Waals surface area contributed by atoms with E-state index in [1.54, 1.807) is 0 Å². The molecule has 0 unspecified atom stereocenters. The van der Waals surface area contributed by atoms with E-state index in [0.717, 1.165) is 19.0 Å². The van der Waals surface area contributed by atoms with Crippen LogP contribution in [0.15, 0.2) is 4.99 Å². The molecule has 7 heteroatoms. The summed E-state index contributed by atoms with van der Waals surface area (Å²) in [5, 5.41) is 6.14. The van der Waals surface area contributed by atoms with E-state index < -0.39 is 9.84 Å². The molecule has 0 bridgehead atoms. The van der Waals surface area contributed by atoms with Crippen molar-refractivity contribution in [3.63, 3.8) is 0 Å². The molecule has 0 heterocycles. The molecule has 98 valence electrons. The Morgan fingerprint density at radius 3 is 2.06 bits per heavy atom. The van der Waals surface area contributed by atoms with Crippen LogP contribution in [-0.4, -0.2) is 46.0 Å². The monoisotopic (exact) mass is 363 g/mol. The quantitative estimate of drug-likeness (QED) is 0.314. The topological polar surface area (TPSA) is 70.6 Å². The minimum Gasteiger partial charge on any atom is -0.357 e. The van der Waals surface area contributed by atoms with E-state index >= 15 is 0 Å². The van der Waals surface area contributed by atoms with Gasteiger partial charge in [-0.1, -0.05) is 0 Å². The summed E-state index contributed by atoms with van der Waals surface area (Å²) in [6.07, 6.45) is 1.81. The van der Waals surface area contributed by atoms with Crippen molar-refractivity contribution in [3.8, 4) is 0 Å². The summed E-state index contributed by atoms with van der Waals surface area (Å²) < 4.78 is 21.7. The van der Waals surface area contributed by atoms with Gasteiger partial charge in [0.15, 0.2) is 5.96 Å². The molecule has 0 aromatic rings. The van der Waals surface area contributed by atoms with E-state index in [1.807, 2.05) is 13.8 Å². The van der Waals surface area contributed by atoms with Crippen LogP contribution in [0.4, 0.5) is 0 Å². The van der Waals surface area contributed by atoms with Gasteiger partial charge in [-0.15, -0.1) is 24.0 Å². The number of hydrogen-bond donors (Lipinski definition) is 2. The molecule has 0 fully saturated rings. The van der Waals surface area contributed by atoms with E-state index in [9.17, 15) is 8.42 Å². The SMILES string of the molecule is CCNC(=NCCCS(C)(=O)=O)NCC.I. The summed E-state index contributed by atoms with van der Waals surface area (Å²) in [4.78, 5) is 4.24. The number of rotatable bonds is 6. The van der Waals surface area contributed by atoms with Gasteiger partial charge in [-0.05, 0) is 20.3 Å². The molecule has 0 radical (unpaired) electrons. The van der Waals surface area contributed by atoms with Crippen LogP contribution in [-0.2, 0) is 9.84 Å². The van der Waals surface area contributed by atoms with Gasteiger partial charge in [-0.3, -0.25) is 4.99 Å². The van der Waals surface area contributed by atoms with E-state index in [1.165, 1.54) is 6.26 Å². The van der Waals surface area contributed by atoms with Gasteiger partial charge in [0.25, 0.3) is 0 Å². The number of nitrogens with zero attached hydrogens (tertiary/aromatic N) is 1. The average Bonchev–Trinajstić information content (AvgIpc) is 2.11. The zero-order valence-corrected chi connectivity index (χ0v) is 13.3. The lowest BCUT2D eigenvalue weighted by Gasteiger charge is -2.08. The van der Waals surface area contributed by atoms with Gasteiger partial charge in [0, 0.05) is 25.9 Å². The maximum atomic E-state index is 10.8. The zero-order chi connectivity index (χ0) is 11.7. The highest BCUT2D eigenvalue weighted by Gasteiger charge is 2.00. The highest BCUT2D eigenvalue weighted by atomic mass is 127. The lowest BCUT2D eigenvalue weighted by atomic mass is 10.5. The Bertz CT molecular complexity index is 283. The molecule has 2 N–H and O–H groups in total. The number of guanidine groups is 1. The lowest BCUT2D eigenvalue weighted by molar-refractivity contribution is 0.599. The average molecular weight is 363 g/mol. The molecule has 0 aliphatic rings. The maximum absolute atomic E-state index is 10.8. The molecule has 0 amide bonds. The largest absolute Gasteiger partial charge is 0.357 e. The highest BCUT2D eigenvalue weighted by Crippen LogP contribution is 1.89. The van der Waals surface area contributed by atoms with Crippen molar-refractivity contribution in [2.45, 2.75) is 20.3 Å². The van der Waals surface area contributed by atoms with Gasteiger partial charge >= 0.3 is 0 Å².